The molecule has 0 aromatic rings. The molecule has 3 amide bonds. The molecule has 0 saturated carbocycles. The first-order valence-corrected chi connectivity index (χ1v) is 5.43. The summed E-state index contributed by atoms with van der Waals surface area (Å²) in [6.45, 7) is 3.10. The van der Waals surface area contributed by atoms with Gasteiger partial charge in [-0.1, -0.05) is 0 Å². The fourth-order valence-corrected chi connectivity index (χ4v) is 0.886. The van der Waals surface area contributed by atoms with Crippen molar-refractivity contribution in [3.63, 3.8) is 0 Å². The standard InChI is InChI=1S/C10H17N4O5.3Y/c1-5(11)9(18)14-6(2)10(19)13-3-7(15)12-4-8(16)17;;;/h3,5-6H,4,11H2,1-2H3,(H,12,15)(H,13,19)(H,14,18)(H,16,17);;;/q-1;;;. The molecule has 0 fully saturated rings. The number of carbonyl (C=O) groups excluding carboxylic acids is 3. The van der Waals surface area contributed by atoms with E-state index in [0.717, 1.165) is 6.54 Å². The molecular formula is C10H17N4O5Y3-. The van der Waals surface area contributed by atoms with Crippen LogP contribution >= 0.6 is 0 Å². The van der Waals surface area contributed by atoms with Crippen molar-refractivity contribution in [1.82, 2.24) is 16.0 Å². The number of hydrogen-bond acceptors (Lipinski definition) is 5. The van der Waals surface area contributed by atoms with Crippen molar-refractivity contribution in [2.75, 3.05) is 6.54 Å². The summed E-state index contributed by atoms with van der Waals surface area (Å²) in [5.74, 6) is -3.09. The monoisotopic (exact) mass is 540 g/mol. The van der Waals surface area contributed by atoms with Crippen LogP contribution in [0.4, 0.5) is 0 Å². The smallest absolute Gasteiger partial charge is 0.322 e. The Bertz CT molecular complexity index is 382. The molecule has 9 nitrogen and oxygen atoms in total. The van der Waals surface area contributed by atoms with Crippen LogP contribution in [-0.4, -0.2) is 47.4 Å². The summed E-state index contributed by atoms with van der Waals surface area (Å²) in [6.07, 6.45) is 0. The molecule has 0 saturated heterocycles. The summed E-state index contributed by atoms with van der Waals surface area (Å²) in [4.78, 5) is 43.9. The van der Waals surface area contributed by atoms with E-state index in [1.807, 2.05) is 5.32 Å². The molecule has 2 atom stereocenters. The molecule has 0 aliphatic rings. The number of nitrogens with one attached hydrogen (secondary N) is 3. The average Bonchev–Trinajstić information content (AvgIpc) is 2.32. The molecule has 0 aliphatic heterocycles. The summed E-state index contributed by atoms with van der Waals surface area (Å²) in [7, 11) is 0. The Morgan fingerprint density at radius 2 is 1.59 bits per heavy atom. The van der Waals surface area contributed by atoms with Gasteiger partial charge in [0.1, 0.15) is 18.5 Å². The van der Waals surface area contributed by atoms with Gasteiger partial charge >= 0.3 is 5.97 Å². The first-order chi connectivity index (χ1) is 8.73. The zero-order chi connectivity index (χ0) is 15.0. The van der Waals surface area contributed by atoms with Gasteiger partial charge < -0.3 is 31.6 Å². The number of amides is 3. The van der Waals surface area contributed by atoms with Crippen LogP contribution in [-0.2, 0) is 117 Å². The summed E-state index contributed by atoms with van der Waals surface area (Å²) in [5.41, 5.74) is 5.30. The first-order valence-electron chi connectivity index (χ1n) is 5.43. The van der Waals surface area contributed by atoms with Crippen molar-refractivity contribution >= 4 is 23.7 Å². The quantitative estimate of drug-likeness (QED) is 0.222. The zero-order valence-electron chi connectivity index (χ0n) is 12.3. The first kappa shape index (κ1) is 30.9. The molecule has 0 spiro atoms. The van der Waals surface area contributed by atoms with Crippen molar-refractivity contribution in [2.45, 2.75) is 25.9 Å². The predicted octanol–water partition coefficient (Wildman–Crippen LogP) is -2.69. The second kappa shape index (κ2) is 16.9. The van der Waals surface area contributed by atoms with Crippen LogP contribution in [0.15, 0.2) is 0 Å². The van der Waals surface area contributed by atoms with Crippen molar-refractivity contribution in [1.29, 1.82) is 0 Å². The van der Waals surface area contributed by atoms with E-state index in [0.29, 0.717) is 0 Å². The van der Waals surface area contributed by atoms with Gasteiger partial charge in [0.2, 0.25) is 11.8 Å². The van der Waals surface area contributed by atoms with E-state index in [2.05, 4.69) is 10.6 Å². The summed E-state index contributed by atoms with van der Waals surface area (Å²) in [6, 6.07) is -1.62. The molecule has 0 bridgehead atoms. The van der Waals surface area contributed by atoms with E-state index in [-0.39, 0.29) is 98.1 Å². The van der Waals surface area contributed by atoms with Gasteiger partial charge in [-0.2, -0.15) is 0 Å². The molecule has 0 aliphatic carbocycles. The summed E-state index contributed by atoms with van der Waals surface area (Å²) in [5, 5.41) is 14.8. The predicted molar refractivity (Wildman–Crippen MR) is 64.3 cm³/mol. The molecule has 12 heteroatoms. The topological polar surface area (TPSA) is 151 Å². The largest absolute Gasteiger partial charge is 0.480 e. The third kappa shape index (κ3) is 15.9. The third-order valence-electron chi connectivity index (χ3n) is 1.92. The van der Waals surface area contributed by atoms with E-state index >= 15 is 0 Å². The molecule has 0 rings (SSSR count). The fourth-order valence-electron chi connectivity index (χ4n) is 0.886. The minimum atomic E-state index is -1.20. The Balaban J connectivity index is -0.000000540. The van der Waals surface area contributed by atoms with Gasteiger partial charge in [-0.05, 0) is 13.8 Å². The van der Waals surface area contributed by atoms with E-state index in [1.54, 1.807) is 0 Å². The maximum atomic E-state index is 11.4. The molecule has 0 aromatic heterocycles. The number of nitrogens with two attached hydrogens (primary N) is 1. The third-order valence-corrected chi connectivity index (χ3v) is 1.92. The van der Waals surface area contributed by atoms with E-state index in [1.165, 1.54) is 13.8 Å². The number of carboxylic acid groups (broad SMARTS) is 1. The Morgan fingerprint density at radius 3 is 2.00 bits per heavy atom. The van der Waals surface area contributed by atoms with Gasteiger partial charge in [-0.15, -0.1) is 0 Å². The summed E-state index contributed by atoms with van der Waals surface area (Å²) < 4.78 is 0. The maximum Gasteiger partial charge on any atom is 0.322 e. The fraction of sp³-hybridized carbons (Fsp3) is 0.500. The molecule has 3 radical (unpaired) electrons. The second-order valence-electron chi connectivity index (χ2n) is 3.78. The average molecular weight is 540 g/mol. The Hall–Kier alpha value is 1.02. The van der Waals surface area contributed by atoms with Crippen LogP contribution in [0.25, 0.3) is 0 Å². The van der Waals surface area contributed by atoms with Crippen LogP contribution in [0, 0.1) is 6.54 Å². The molecule has 0 heterocycles. The molecule has 6 N–H and O–H groups in total. The van der Waals surface area contributed by atoms with Crippen molar-refractivity contribution < 1.29 is 122 Å². The minimum Gasteiger partial charge on any atom is -0.480 e. The zero-order valence-corrected chi connectivity index (χ0v) is 20.8. The Morgan fingerprint density at radius 1 is 1.09 bits per heavy atom. The van der Waals surface area contributed by atoms with Gasteiger partial charge in [0.15, 0.2) is 0 Å². The van der Waals surface area contributed by atoms with Crippen molar-refractivity contribution in [2.24, 2.45) is 5.73 Å². The molecule has 0 aromatic carbocycles. The van der Waals surface area contributed by atoms with Gasteiger partial charge in [-0.3, -0.25) is 14.4 Å². The normalized spacial score (nSPS) is 11.0. The number of carbonyl (C=O) groups is 4. The maximum absolute atomic E-state index is 11.4. The molecule has 2 unspecified atom stereocenters. The van der Waals surface area contributed by atoms with Gasteiger partial charge in [0.05, 0.1) is 6.04 Å². The van der Waals surface area contributed by atoms with E-state index < -0.39 is 42.3 Å². The Kier molecular flexibility index (Phi) is 23.7. The molecule has 22 heavy (non-hydrogen) atoms. The number of carboxylic acids is 1. The van der Waals surface area contributed by atoms with Crippen LogP contribution < -0.4 is 21.7 Å². The number of aliphatic carboxylic acids is 1. The number of hydrogen-bond donors (Lipinski definition) is 5. The molecule has 117 valence electrons. The van der Waals surface area contributed by atoms with Crippen LogP contribution in [0.5, 0.6) is 0 Å². The summed E-state index contributed by atoms with van der Waals surface area (Å²) >= 11 is 0. The minimum absolute atomic E-state index is 0. The van der Waals surface area contributed by atoms with Crippen molar-refractivity contribution in [3.05, 3.63) is 6.54 Å². The van der Waals surface area contributed by atoms with E-state index in [4.69, 9.17) is 10.8 Å². The van der Waals surface area contributed by atoms with Gasteiger partial charge in [0.25, 0.3) is 0 Å². The van der Waals surface area contributed by atoms with E-state index in [9.17, 15) is 19.2 Å². The molecular weight excluding hydrogens is 523 g/mol. The van der Waals surface area contributed by atoms with Crippen LogP contribution in [0.1, 0.15) is 13.8 Å². The number of rotatable bonds is 7. The van der Waals surface area contributed by atoms with Crippen molar-refractivity contribution in [3.8, 4) is 0 Å². The Labute approximate surface area is 204 Å². The van der Waals surface area contributed by atoms with Gasteiger partial charge in [-0.25, -0.2) is 6.54 Å². The van der Waals surface area contributed by atoms with Gasteiger partial charge in [0, 0.05) is 98.1 Å². The van der Waals surface area contributed by atoms with Crippen LogP contribution in [0.2, 0.25) is 0 Å². The SMILES string of the molecule is CC(N)C(=O)NC(C)C(=O)N[CH-]C(=O)NCC(=O)O.[Y].[Y].[Y]. The second-order valence-corrected chi connectivity index (χ2v) is 3.78. The van der Waals surface area contributed by atoms with Crippen LogP contribution in [0.3, 0.4) is 0 Å².